The van der Waals surface area contributed by atoms with Gasteiger partial charge in [-0.15, -0.1) is 0 Å². The van der Waals surface area contributed by atoms with Gasteiger partial charge in [0, 0.05) is 0 Å². The van der Waals surface area contributed by atoms with Crippen molar-refractivity contribution < 1.29 is 0 Å². The molecule has 0 heteroatoms. The average Bonchev–Trinajstić information content (AvgIpc) is 2.88. The van der Waals surface area contributed by atoms with Crippen molar-refractivity contribution in [3.05, 3.63) is 133 Å². The lowest BCUT2D eigenvalue weighted by Crippen LogP contribution is -1.92. The Morgan fingerprint density at radius 3 is 1.45 bits per heavy atom. The maximum absolute atomic E-state index is 2.30. The molecule has 0 bridgehead atoms. The molecule has 0 atom stereocenters. The van der Waals surface area contributed by atoms with Gasteiger partial charge in [-0.2, -0.15) is 0 Å². The van der Waals surface area contributed by atoms with Gasteiger partial charge in [-0.25, -0.2) is 0 Å². The van der Waals surface area contributed by atoms with E-state index in [1.807, 2.05) is 0 Å². The number of aryl methyl sites for hydroxylation is 1. The van der Waals surface area contributed by atoms with Crippen molar-refractivity contribution in [1.82, 2.24) is 0 Å². The van der Waals surface area contributed by atoms with E-state index in [1.165, 1.54) is 60.5 Å². The summed E-state index contributed by atoms with van der Waals surface area (Å²) >= 11 is 0. The molecule has 6 aromatic carbocycles. The van der Waals surface area contributed by atoms with Crippen LogP contribution in [0.3, 0.4) is 0 Å². The fraction of sp³-hybridized carbons (Fsp3) is 0.0303. The number of rotatable bonds is 3. The Morgan fingerprint density at radius 1 is 0.364 bits per heavy atom. The SMILES string of the molecule is Cc1cccc(-c2c3ccccc3c(-c3ccccc3-c3ccccc3)c3ccccc23)c1. The minimum Gasteiger partial charge on any atom is -0.0622 e. The predicted molar refractivity (Wildman–Crippen MR) is 142 cm³/mol. The van der Waals surface area contributed by atoms with Gasteiger partial charge < -0.3 is 0 Å². The molecular formula is C33H24. The van der Waals surface area contributed by atoms with Crippen LogP contribution in [0, 0.1) is 6.92 Å². The number of benzene rings is 6. The monoisotopic (exact) mass is 420 g/mol. The third-order valence-electron chi connectivity index (χ3n) is 6.52. The van der Waals surface area contributed by atoms with Gasteiger partial charge in [-0.05, 0) is 61.8 Å². The number of hydrogen-bond acceptors (Lipinski definition) is 0. The Bertz CT molecular complexity index is 1550. The lowest BCUT2D eigenvalue weighted by Gasteiger charge is -2.19. The zero-order chi connectivity index (χ0) is 22.2. The Hall–Kier alpha value is -4.16. The van der Waals surface area contributed by atoms with Gasteiger partial charge >= 0.3 is 0 Å². The molecule has 0 aliphatic rings. The van der Waals surface area contributed by atoms with E-state index < -0.39 is 0 Å². The summed E-state index contributed by atoms with van der Waals surface area (Å²) in [5.41, 5.74) is 8.93. The topological polar surface area (TPSA) is 0 Å². The van der Waals surface area contributed by atoms with E-state index in [4.69, 9.17) is 0 Å². The van der Waals surface area contributed by atoms with Crippen LogP contribution in [0.1, 0.15) is 5.56 Å². The lowest BCUT2D eigenvalue weighted by molar-refractivity contribution is 1.47. The fourth-order valence-corrected chi connectivity index (χ4v) is 5.10. The predicted octanol–water partition coefficient (Wildman–Crippen LogP) is 9.30. The average molecular weight is 421 g/mol. The number of fused-ring (bicyclic) bond motifs is 2. The van der Waals surface area contributed by atoms with E-state index in [0.717, 1.165) is 0 Å². The van der Waals surface area contributed by atoms with Gasteiger partial charge in [0.15, 0.2) is 0 Å². The molecule has 0 aliphatic carbocycles. The maximum Gasteiger partial charge on any atom is -0.00201 e. The van der Waals surface area contributed by atoms with Gasteiger partial charge in [0.25, 0.3) is 0 Å². The fourth-order valence-electron chi connectivity index (χ4n) is 5.10. The second kappa shape index (κ2) is 8.07. The highest BCUT2D eigenvalue weighted by Crippen LogP contribution is 2.45. The molecule has 0 aliphatic heterocycles. The van der Waals surface area contributed by atoms with Crippen molar-refractivity contribution in [2.24, 2.45) is 0 Å². The molecule has 0 heterocycles. The molecule has 0 fully saturated rings. The Labute approximate surface area is 194 Å². The number of hydrogen-bond donors (Lipinski definition) is 0. The summed E-state index contributed by atoms with van der Waals surface area (Å²) in [5, 5.41) is 5.16. The minimum atomic E-state index is 1.24. The van der Waals surface area contributed by atoms with Crippen LogP contribution in [0.5, 0.6) is 0 Å². The molecule has 0 nitrogen and oxygen atoms in total. The molecule has 6 rings (SSSR count). The summed E-state index contributed by atoms with van der Waals surface area (Å²) in [6.45, 7) is 2.17. The van der Waals surface area contributed by atoms with Crippen molar-refractivity contribution in [1.29, 1.82) is 0 Å². The van der Waals surface area contributed by atoms with Crippen molar-refractivity contribution >= 4 is 21.5 Å². The van der Waals surface area contributed by atoms with E-state index in [2.05, 4.69) is 134 Å². The van der Waals surface area contributed by atoms with Crippen LogP contribution >= 0.6 is 0 Å². The summed E-state index contributed by atoms with van der Waals surface area (Å²) < 4.78 is 0. The molecule has 0 aromatic heterocycles. The van der Waals surface area contributed by atoms with E-state index >= 15 is 0 Å². The van der Waals surface area contributed by atoms with E-state index in [-0.39, 0.29) is 0 Å². The zero-order valence-electron chi connectivity index (χ0n) is 18.6. The van der Waals surface area contributed by atoms with Gasteiger partial charge in [-0.3, -0.25) is 0 Å². The van der Waals surface area contributed by atoms with Crippen LogP contribution in [0.15, 0.2) is 127 Å². The molecule has 0 radical (unpaired) electrons. The van der Waals surface area contributed by atoms with Gasteiger partial charge in [0.1, 0.15) is 0 Å². The van der Waals surface area contributed by atoms with Crippen LogP contribution in [-0.4, -0.2) is 0 Å². The Kier molecular flexibility index (Phi) is 4.78. The molecule has 0 amide bonds. The van der Waals surface area contributed by atoms with E-state index in [1.54, 1.807) is 0 Å². The van der Waals surface area contributed by atoms with Crippen LogP contribution in [0.2, 0.25) is 0 Å². The lowest BCUT2D eigenvalue weighted by atomic mass is 9.84. The van der Waals surface area contributed by atoms with Gasteiger partial charge in [-0.1, -0.05) is 133 Å². The quantitative estimate of drug-likeness (QED) is 0.250. The molecule has 156 valence electrons. The molecule has 0 spiro atoms. The summed E-state index contributed by atoms with van der Waals surface area (Å²) in [6, 6.07) is 46.1. The molecule has 0 saturated heterocycles. The standard InChI is InChI=1S/C33H24/c1-23-12-11-15-25(22-23)32-28-18-7-9-20-30(28)33(31-21-10-8-19-29(31)32)27-17-6-5-16-26(27)24-13-3-2-4-14-24/h2-22H,1H3. The highest BCUT2D eigenvalue weighted by atomic mass is 14.2. The first-order valence-electron chi connectivity index (χ1n) is 11.5. The normalized spacial score (nSPS) is 11.2. The van der Waals surface area contributed by atoms with Crippen molar-refractivity contribution in [2.45, 2.75) is 6.92 Å². The van der Waals surface area contributed by atoms with Crippen LogP contribution < -0.4 is 0 Å². The molecule has 0 N–H and O–H groups in total. The summed E-state index contributed by atoms with van der Waals surface area (Å²) in [5.74, 6) is 0. The summed E-state index contributed by atoms with van der Waals surface area (Å²) in [7, 11) is 0. The minimum absolute atomic E-state index is 1.24. The van der Waals surface area contributed by atoms with Crippen molar-refractivity contribution in [3.63, 3.8) is 0 Å². The second-order valence-corrected chi connectivity index (χ2v) is 8.62. The highest BCUT2D eigenvalue weighted by Gasteiger charge is 2.18. The Morgan fingerprint density at radius 2 is 0.848 bits per heavy atom. The van der Waals surface area contributed by atoms with Crippen LogP contribution in [0.25, 0.3) is 54.9 Å². The first-order chi connectivity index (χ1) is 16.3. The second-order valence-electron chi connectivity index (χ2n) is 8.62. The van der Waals surface area contributed by atoms with Gasteiger partial charge in [0.2, 0.25) is 0 Å². The largest absolute Gasteiger partial charge is 0.0622 e. The summed E-state index contributed by atoms with van der Waals surface area (Å²) in [4.78, 5) is 0. The van der Waals surface area contributed by atoms with E-state index in [9.17, 15) is 0 Å². The Balaban J connectivity index is 1.78. The molecule has 33 heavy (non-hydrogen) atoms. The highest BCUT2D eigenvalue weighted by molar-refractivity contribution is 6.22. The van der Waals surface area contributed by atoms with Gasteiger partial charge in [0.05, 0.1) is 0 Å². The third-order valence-corrected chi connectivity index (χ3v) is 6.52. The molecule has 0 saturated carbocycles. The maximum atomic E-state index is 2.30. The first kappa shape index (κ1) is 19.5. The van der Waals surface area contributed by atoms with Crippen LogP contribution in [0.4, 0.5) is 0 Å². The summed E-state index contributed by atoms with van der Waals surface area (Å²) in [6.07, 6.45) is 0. The van der Waals surface area contributed by atoms with Crippen LogP contribution in [-0.2, 0) is 0 Å². The smallest absolute Gasteiger partial charge is 0.00201 e. The first-order valence-corrected chi connectivity index (χ1v) is 11.5. The van der Waals surface area contributed by atoms with Crippen molar-refractivity contribution in [2.75, 3.05) is 0 Å². The zero-order valence-corrected chi connectivity index (χ0v) is 18.6. The molecule has 0 unspecified atom stereocenters. The molecule has 6 aromatic rings. The van der Waals surface area contributed by atoms with E-state index in [0.29, 0.717) is 0 Å². The third kappa shape index (κ3) is 3.32. The molecular weight excluding hydrogens is 396 g/mol. The van der Waals surface area contributed by atoms with Crippen molar-refractivity contribution in [3.8, 4) is 33.4 Å².